The number of methoxy groups -OCH3 is 2. The van der Waals surface area contributed by atoms with E-state index < -0.39 is 0 Å². The molecule has 0 bridgehead atoms. The maximum atomic E-state index is 5.45. The lowest BCUT2D eigenvalue weighted by molar-refractivity contribution is -0.920. The van der Waals surface area contributed by atoms with Crippen LogP contribution in [0.3, 0.4) is 0 Å². The van der Waals surface area contributed by atoms with Crippen LogP contribution < -0.4 is 14.4 Å². The van der Waals surface area contributed by atoms with Crippen molar-refractivity contribution >= 4 is 16.6 Å². The van der Waals surface area contributed by atoms with Crippen LogP contribution in [0.1, 0.15) is 31.4 Å². The fourth-order valence-electron chi connectivity index (χ4n) is 3.88. The molecule has 3 aromatic rings. The van der Waals surface area contributed by atoms with Crippen LogP contribution in [-0.4, -0.2) is 46.9 Å². The molecule has 0 saturated carbocycles. The third kappa shape index (κ3) is 2.86. The van der Waals surface area contributed by atoms with Gasteiger partial charge in [-0.25, -0.2) is 4.98 Å². The highest BCUT2D eigenvalue weighted by Gasteiger charge is 2.23. The summed E-state index contributed by atoms with van der Waals surface area (Å²) in [6.45, 7) is 7.62. The quantitative estimate of drug-likeness (QED) is 0.766. The summed E-state index contributed by atoms with van der Waals surface area (Å²) < 4.78 is 12.9. The topological polar surface area (TPSA) is 66.0 Å². The number of hydrogen-bond donors (Lipinski definition) is 1. The van der Waals surface area contributed by atoms with Gasteiger partial charge in [0.2, 0.25) is 0 Å². The van der Waals surface area contributed by atoms with Crippen molar-refractivity contribution in [2.24, 2.45) is 5.92 Å². The van der Waals surface area contributed by atoms with Crippen LogP contribution >= 0.6 is 0 Å². The van der Waals surface area contributed by atoms with E-state index in [1.54, 1.807) is 19.1 Å². The van der Waals surface area contributed by atoms with Gasteiger partial charge in [0.15, 0.2) is 23.0 Å². The van der Waals surface area contributed by atoms with Crippen molar-refractivity contribution in [3.05, 3.63) is 23.8 Å². The zero-order chi connectivity index (χ0) is 18.3. The molecule has 7 heteroatoms. The summed E-state index contributed by atoms with van der Waals surface area (Å²) in [6.07, 6.45) is 2.56. The predicted molar refractivity (Wildman–Crippen MR) is 98.9 cm³/mol. The first-order valence-electron chi connectivity index (χ1n) is 9.20. The molecule has 4 rings (SSSR count). The molecule has 1 aromatic carbocycles. The van der Waals surface area contributed by atoms with E-state index in [4.69, 9.17) is 14.5 Å². The summed E-state index contributed by atoms with van der Waals surface area (Å²) in [4.78, 5) is 6.34. The lowest BCUT2D eigenvalue weighted by Crippen LogP contribution is -3.11. The first-order chi connectivity index (χ1) is 12.6. The number of likely N-dealkylation sites (tertiary alicyclic amines) is 1. The lowest BCUT2D eigenvalue weighted by atomic mass is 9.99. The summed E-state index contributed by atoms with van der Waals surface area (Å²) in [6, 6.07) is 3.83. The van der Waals surface area contributed by atoms with Crippen LogP contribution in [0.2, 0.25) is 0 Å². The fraction of sp³-hybridized carbons (Fsp3) is 0.526. The minimum atomic E-state index is 0.669. The Kier molecular flexibility index (Phi) is 4.40. The van der Waals surface area contributed by atoms with Crippen LogP contribution in [0.25, 0.3) is 16.6 Å². The van der Waals surface area contributed by atoms with E-state index in [2.05, 4.69) is 21.5 Å². The second-order valence-electron chi connectivity index (χ2n) is 7.27. The van der Waals surface area contributed by atoms with Crippen LogP contribution in [-0.2, 0) is 6.54 Å². The number of quaternary nitrogens is 1. The monoisotopic (exact) mass is 356 g/mol. The van der Waals surface area contributed by atoms with Gasteiger partial charge in [0, 0.05) is 11.5 Å². The number of nitrogens with one attached hydrogen (secondary N) is 1. The molecule has 2 aromatic heterocycles. The van der Waals surface area contributed by atoms with Crippen molar-refractivity contribution in [3.63, 3.8) is 0 Å². The molecular weight excluding hydrogens is 330 g/mol. The molecule has 1 fully saturated rings. The molecule has 0 atom stereocenters. The van der Waals surface area contributed by atoms with Gasteiger partial charge < -0.3 is 14.4 Å². The molecule has 0 unspecified atom stereocenters. The lowest BCUT2D eigenvalue weighted by Gasteiger charge is -2.26. The Morgan fingerprint density at radius 2 is 1.81 bits per heavy atom. The van der Waals surface area contributed by atoms with Gasteiger partial charge in [-0.3, -0.25) is 4.40 Å². The van der Waals surface area contributed by atoms with Gasteiger partial charge >= 0.3 is 0 Å². The van der Waals surface area contributed by atoms with Crippen LogP contribution in [0, 0.1) is 12.8 Å². The highest BCUT2D eigenvalue weighted by atomic mass is 16.5. The summed E-state index contributed by atoms with van der Waals surface area (Å²) >= 11 is 0. The molecular formula is C19H26N5O2+. The molecule has 0 aliphatic carbocycles. The molecule has 7 nitrogen and oxygen atoms in total. The molecule has 0 radical (unpaired) electrons. The predicted octanol–water partition coefficient (Wildman–Crippen LogP) is 1.42. The van der Waals surface area contributed by atoms with Gasteiger partial charge in [0.05, 0.1) is 32.8 Å². The number of benzene rings is 1. The van der Waals surface area contributed by atoms with E-state index in [1.165, 1.54) is 25.9 Å². The Balaban J connectivity index is 1.78. The third-order valence-corrected chi connectivity index (χ3v) is 5.47. The number of aromatic nitrogens is 4. The second-order valence-corrected chi connectivity index (χ2v) is 7.27. The summed E-state index contributed by atoms with van der Waals surface area (Å²) in [5, 5.41) is 9.91. The van der Waals surface area contributed by atoms with Gasteiger partial charge in [-0.1, -0.05) is 6.92 Å². The summed E-state index contributed by atoms with van der Waals surface area (Å²) in [5.74, 6) is 4.05. The van der Waals surface area contributed by atoms with Crippen LogP contribution in [0.15, 0.2) is 12.1 Å². The van der Waals surface area contributed by atoms with E-state index in [0.717, 1.165) is 40.7 Å². The zero-order valence-electron chi connectivity index (χ0n) is 15.9. The Labute approximate surface area is 152 Å². The van der Waals surface area contributed by atoms with Gasteiger partial charge in [0.25, 0.3) is 0 Å². The normalized spacial score (nSPS) is 20.6. The van der Waals surface area contributed by atoms with E-state index in [1.807, 2.05) is 19.1 Å². The van der Waals surface area contributed by atoms with Gasteiger partial charge in [-0.15, -0.1) is 10.2 Å². The molecule has 1 aliphatic heterocycles. The maximum absolute atomic E-state index is 5.45. The molecule has 1 saturated heterocycles. The van der Waals surface area contributed by atoms with Crippen LogP contribution in [0.5, 0.6) is 11.5 Å². The average Bonchev–Trinajstić information content (AvgIpc) is 3.07. The number of hydrogen-bond acceptors (Lipinski definition) is 5. The second kappa shape index (κ2) is 6.72. The Bertz CT molecular complexity index is 944. The molecule has 3 heterocycles. The maximum Gasteiger partial charge on any atom is 0.194 e. The number of rotatable bonds is 4. The standard InChI is InChI=1S/C19H25N5O2/c1-12-5-7-23(8-6-12)11-18-21-22-19-14-9-16(25-3)17(26-4)10-15(14)20-13(2)24(18)19/h9-10,12H,5-8,11H2,1-4H3/p+1. The van der Waals surface area contributed by atoms with E-state index >= 15 is 0 Å². The highest BCUT2D eigenvalue weighted by Crippen LogP contribution is 2.33. The zero-order valence-corrected chi connectivity index (χ0v) is 15.9. The van der Waals surface area contributed by atoms with Crippen molar-refractivity contribution < 1.29 is 14.4 Å². The number of aryl methyl sites for hydroxylation is 1. The Morgan fingerprint density at radius 3 is 2.50 bits per heavy atom. The minimum absolute atomic E-state index is 0.669. The highest BCUT2D eigenvalue weighted by molar-refractivity contribution is 5.93. The van der Waals surface area contributed by atoms with Crippen molar-refractivity contribution in [2.75, 3.05) is 27.3 Å². The van der Waals surface area contributed by atoms with Crippen molar-refractivity contribution in [2.45, 2.75) is 33.2 Å². The van der Waals surface area contributed by atoms with E-state index in [9.17, 15) is 0 Å². The number of nitrogens with zero attached hydrogens (tertiary/aromatic N) is 4. The van der Waals surface area contributed by atoms with Gasteiger partial charge in [0.1, 0.15) is 12.4 Å². The molecule has 0 amide bonds. The Hall–Kier alpha value is -2.41. The van der Waals surface area contributed by atoms with Crippen LogP contribution in [0.4, 0.5) is 0 Å². The summed E-state index contributed by atoms with van der Waals surface area (Å²) in [7, 11) is 3.27. The molecule has 1 N–H and O–H groups in total. The summed E-state index contributed by atoms with van der Waals surface area (Å²) in [5.41, 5.74) is 1.67. The third-order valence-electron chi connectivity index (χ3n) is 5.47. The first-order valence-corrected chi connectivity index (χ1v) is 9.20. The SMILES string of the molecule is COc1cc2nc(C)n3c(C[NH+]4CCC(C)CC4)nnc3c2cc1OC. The van der Waals surface area contributed by atoms with Crippen molar-refractivity contribution in [1.82, 2.24) is 19.6 Å². The van der Waals surface area contributed by atoms with Crippen molar-refractivity contribution in [3.8, 4) is 11.5 Å². The van der Waals surface area contributed by atoms with Crippen molar-refractivity contribution in [1.29, 1.82) is 0 Å². The Morgan fingerprint density at radius 1 is 1.12 bits per heavy atom. The minimum Gasteiger partial charge on any atom is -0.493 e. The average molecular weight is 356 g/mol. The number of piperidine rings is 1. The molecule has 1 aliphatic rings. The molecule has 138 valence electrons. The van der Waals surface area contributed by atoms with Gasteiger partial charge in [-0.2, -0.15) is 0 Å². The smallest absolute Gasteiger partial charge is 0.194 e. The first kappa shape index (κ1) is 17.0. The number of ether oxygens (including phenoxy) is 2. The largest absolute Gasteiger partial charge is 0.493 e. The number of fused-ring (bicyclic) bond motifs is 3. The van der Waals surface area contributed by atoms with E-state index in [-0.39, 0.29) is 0 Å². The molecule has 0 spiro atoms. The van der Waals surface area contributed by atoms with Gasteiger partial charge in [-0.05, 0) is 31.7 Å². The van der Waals surface area contributed by atoms with E-state index in [0.29, 0.717) is 11.5 Å². The fourth-order valence-corrected chi connectivity index (χ4v) is 3.88. The molecule has 26 heavy (non-hydrogen) atoms.